The van der Waals surface area contributed by atoms with Crippen LogP contribution in [0.3, 0.4) is 0 Å². The van der Waals surface area contributed by atoms with Gasteiger partial charge in [-0.25, -0.2) is 30.7 Å². The number of hydrogen-bond donors (Lipinski definition) is 0. The van der Waals surface area contributed by atoms with Gasteiger partial charge in [0.15, 0.2) is 29.1 Å². The summed E-state index contributed by atoms with van der Waals surface area (Å²) in [6.45, 7) is 2.06. The van der Waals surface area contributed by atoms with Crippen LogP contribution < -0.4 is 0 Å². The molecule has 0 aromatic heterocycles. The molecule has 7 heteroatoms. The summed E-state index contributed by atoms with van der Waals surface area (Å²) in [5.41, 5.74) is 0.828. The maximum atomic E-state index is 14.8. The second kappa shape index (κ2) is 10.6. The second-order valence-corrected chi connectivity index (χ2v) is 8.52. The molecule has 36 heavy (non-hydrogen) atoms. The van der Waals surface area contributed by atoms with Gasteiger partial charge in [0.2, 0.25) is 0 Å². The zero-order valence-electron chi connectivity index (χ0n) is 19.2. The van der Waals surface area contributed by atoms with Crippen LogP contribution in [-0.4, -0.2) is 0 Å². The molecular weight excluding hydrogens is 481 g/mol. The van der Waals surface area contributed by atoms with Gasteiger partial charge in [0, 0.05) is 11.1 Å². The lowest BCUT2D eigenvalue weighted by Gasteiger charge is -2.12. The van der Waals surface area contributed by atoms with Crippen molar-refractivity contribution in [1.82, 2.24) is 0 Å². The van der Waals surface area contributed by atoms with Crippen LogP contribution in [0.4, 0.5) is 30.7 Å². The lowest BCUT2D eigenvalue weighted by atomic mass is 9.96. The number of benzene rings is 4. The monoisotopic (exact) mass is 502 g/mol. The SMILES string of the molecule is CCCc1ccc(-c2cc(F)c(CCc3ccc(-c4cc(F)c(F)c(F)c4)c(F)c3F)c(F)c2)cc1. The molecule has 0 spiro atoms. The third kappa shape index (κ3) is 5.15. The van der Waals surface area contributed by atoms with Crippen molar-refractivity contribution >= 4 is 0 Å². The molecule has 4 aromatic carbocycles. The summed E-state index contributed by atoms with van der Waals surface area (Å²) >= 11 is 0. The van der Waals surface area contributed by atoms with E-state index in [4.69, 9.17) is 0 Å². The van der Waals surface area contributed by atoms with Gasteiger partial charge in [0.05, 0.1) is 0 Å². The highest BCUT2D eigenvalue weighted by Gasteiger charge is 2.19. The Labute approximate surface area is 204 Å². The van der Waals surface area contributed by atoms with E-state index in [1.54, 1.807) is 12.1 Å². The highest BCUT2D eigenvalue weighted by molar-refractivity contribution is 5.66. The van der Waals surface area contributed by atoms with Gasteiger partial charge in [-0.2, -0.15) is 0 Å². The van der Waals surface area contributed by atoms with Gasteiger partial charge >= 0.3 is 0 Å². The van der Waals surface area contributed by atoms with Crippen molar-refractivity contribution in [2.75, 3.05) is 0 Å². The minimum absolute atomic E-state index is 0.173. The number of aryl methyl sites for hydroxylation is 2. The van der Waals surface area contributed by atoms with E-state index in [2.05, 4.69) is 6.92 Å². The summed E-state index contributed by atoms with van der Waals surface area (Å²) in [6, 6.07) is 13.1. The van der Waals surface area contributed by atoms with Crippen molar-refractivity contribution < 1.29 is 30.7 Å². The first-order chi connectivity index (χ1) is 17.2. The van der Waals surface area contributed by atoms with E-state index in [9.17, 15) is 30.7 Å². The summed E-state index contributed by atoms with van der Waals surface area (Å²) in [4.78, 5) is 0. The first-order valence-electron chi connectivity index (χ1n) is 11.4. The molecule has 4 aromatic rings. The summed E-state index contributed by atoms with van der Waals surface area (Å²) in [5.74, 6) is -9.14. The number of halogens is 7. The van der Waals surface area contributed by atoms with Crippen molar-refractivity contribution in [3.05, 3.63) is 118 Å². The molecule has 0 fully saturated rings. The zero-order valence-corrected chi connectivity index (χ0v) is 19.2. The minimum atomic E-state index is -1.72. The van der Waals surface area contributed by atoms with Crippen LogP contribution in [-0.2, 0) is 19.3 Å². The van der Waals surface area contributed by atoms with Crippen LogP contribution in [0.5, 0.6) is 0 Å². The first kappa shape index (κ1) is 25.5. The maximum Gasteiger partial charge on any atom is 0.194 e. The molecule has 0 unspecified atom stereocenters. The summed E-state index contributed by atoms with van der Waals surface area (Å²) < 4.78 is 99.1. The summed E-state index contributed by atoms with van der Waals surface area (Å²) in [5, 5.41) is 0. The first-order valence-corrected chi connectivity index (χ1v) is 11.4. The number of hydrogen-bond acceptors (Lipinski definition) is 0. The molecular formula is C29H21F7. The molecule has 0 nitrogen and oxygen atoms in total. The van der Waals surface area contributed by atoms with Crippen molar-refractivity contribution in [2.24, 2.45) is 0 Å². The Kier molecular flexibility index (Phi) is 7.48. The maximum absolute atomic E-state index is 14.8. The molecule has 0 aliphatic rings. The van der Waals surface area contributed by atoms with E-state index < -0.39 is 46.3 Å². The lowest BCUT2D eigenvalue weighted by Crippen LogP contribution is -2.03. The fourth-order valence-corrected chi connectivity index (χ4v) is 4.14. The molecule has 0 heterocycles. The van der Waals surface area contributed by atoms with Crippen LogP contribution >= 0.6 is 0 Å². The fraction of sp³-hybridized carbons (Fsp3) is 0.172. The number of rotatable bonds is 7. The van der Waals surface area contributed by atoms with Crippen LogP contribution in [0, 0.1) is 40.7 Å². The van der Waals surface area contributed by atoms with Gasteiger partial charge in [0.25, 0.3) is 0 Å². The summed E-state index contributed by atoms with van der Waals surface area (Å²) in [6.07, 6.45) is 1.41. The standard InChI is InChI=1S/C29H21F7/c1-2-3-16-4-6-17(7-5-16)19-12-23(30)22(24(31)13-19)11-9-18-8-10-21(28(35)27(18)34)20-14-25(32)29(36)26(33)15-20/h4-8,10,12-15H,2-3,9,11H2,1H3. The van der Waals surface area contributed by atoms with Crippen molar-refractivity contribution in [2.45, 2.75) is 32.6 Å². The van der Waals surface area contributed by atoms with Gasteiger partial charge in [-0.3, -0.25) is 0 Å². The van der Waals surface area contributed by atoms with Gasteiger partial charge < -0.3 is 0 Å². The summed E-state index contributed by atoms with van der Waals surface area (Å²) in [7, 11) is 0. The molecule has 0 saturated carbocycles. The minimum Gasteiger partial charge on any atom is -0.207 e. The molecule has 0 bridgehead atoms. The largest absolute Gasteiger partial charge is 0.207 e. The van der Waals surface area contributed by atoms with E-state index in [1.807, 2.05) is 12.1 Å². The van der Waals surface area contributed by atoms with E-state index in [0.29, 0.717) is 23.3 Å². The van der Waals surface area contributed by atoms with Crippen LogP contribution in [0.2, 0.25) is 0 Å². The van der Waals surface area contributed by atoms with Gasteiger partial charge in [-0.15, -0.1) is 0 Å². The molecule has 0 aliphatic heterocycles. The Hall–Kier alpha value is -3.61. The van der Waals surface area contributed by atoms with Crippen molar-refractivity contribution in [1.29, 1.82) is 0 Å². The molecule has 0 saturated heterocycles. The highest BCUT2D eigenvalue weighted by Crippen LogP contribution is 2.30. The molecule has 0 atom stereocenters. The van der Waals surface area contributed by atoms with Crippen LogP contribution in [0.1, 0.15) is 30.0 Å². The molecule has 4 rings (SSSR count). The Morgan fingerprint density at radius 3 is 1.67 bits per heavy atom. The Morgan fingerprint density at radius 1 is 0.500 bits per heavy atom. The predicted octanol–water partition coefficient (Wildman–Crippen LogP) is 8.73. The molecule has 186 valence electrons. The lowest BCUT2D eigenvalue weighted by molar-refractivity contribution is 0.447. The topological polar surface area (TPSA) is 0 Å². The van der Waals surface area contributed by atoms with E-state index in [0.717, 1.165) is 30.5 Å². The average Bonchev–Trinajstić information content (AvgIpc) is 2.85. The molecule has 0 amide bonds. The Bertz CT molecular complexity index is 1360. The second-order valence-electron chi connectivity index (χ2n) is 8.52. The van der Waals surface area contributed by atoms with E-state index in [1.165, 1.54) is 12.1 Å². The highest BCUT2D eigenvalue weighted by atomic mass is 19.2. The molecule has 0 N–H and O–H groups in total. The van der Waals surface area contributed by atoms with Gasteiger partial charge in [-0.05, 0) is 71.3 Å². The van der Waals surface area contributed by atoms with Gasteiger partial charge in [-0.1, -0.05) is 49.7 Å². The van der Waals surface area contributed by atoms with Crippen molar-refractivity contribution in [3.63, 3.8) is 0 Å². The predicted molar refractivity (Wildman–Crippen MR) is 125 cm³/mol. The van der Waals surface area contributed by atoms with E-state index in [-0.39, 0.29) is 29.5 Å². The fourth-order valence-electron chi connectivity index (χ4n) is 4.14. The third-order valence-corrected chi connectivity index (χ3v) is 6.07. The van der Waals surface area contributed by atoms with E-state index >= 15 is 0 Å². The van der Waals surface area contributed by atoms with Crippen molar-refractivity contribution in [3.8, 4) is 22.3 Å². The van der Waals surface area contributed by atoms with Gasteiger partial charge in [0.1, 0.15) is 11.6 Å². The van der Waals surface area contributed by atoms with Crippen LogP contribution in [0.25, 0.3) is 22.3 Å². The molecule has 0 aliphatic carbocycles. The quantitative estimate of drug-likeness (QED) is 0.175. The molecule has 0 radical (unpaired) electrons. The smallest absolute Gasteiger partial charge is 0.194 e. The average molecular weight is 502 g/mol. The normalized spacial score (nSPS) is 11.2. The third-order valence-electron chi connectivity index (χ3n) is 6.07. The Balaban J connectivity index is 1.55. The van der Waals surface area contributed by atoms with Crippen LogP contribution in [0.15, 0.2) is 60.7 Å². The Morgan fingerprint density at radius 2 is 1.08 bits per heavy atom. The zero-order chi connectivity index (χ0) is 26.0.